The molecule has 0 fully saturated rings. The number of rotatable bonds is 4. The minimum Gasteiger partial charge on any atom is -0.396 e. The van der Waals surface area contributed by atoms with Gasteiger partial charge in [0.15, 0.2) is 0 Å². The lowest BCUT2D eigenvalue weighted by Gasteiger charge is -2.12. The summed E-state index contributed by atoms with van der Waals surface area (Å²) in [5, 5.41) is 13.4. The van der Waals surface area contributed by atoms with Gasteiger partial charge in [-0.05, 0) is 25.0 Å². The van der Waals surface area contributed by atoms with E-state index in [1.54, 1.807) is 12.1 Å². The molecule has 0 atom stereocenters. The summed E-state index contributed by atoms with van der Waals surface area (Å²) in [5.74, 6) is 0. The molecule has 0 aliphatic rings. The van der Waals surface area contributed by atoms with Crippen molar-refractivity contribution in [2.75, 3.05) is 5.73 Å². The molecule has 1 aromatic carbocycles. The van der Waals surface area contributed by atoms with Crippen LogP contribution in [0.15, 0.2) is 30.5 Å². The summed E-state index contributed by atoms with van der Waals surface area (Å²) in [4.78, 5) is 0. The Labute approximate surface area is 113 Å². The van der Waals surface area contributed by atoms with Crippen molar-refractivity contribution in [3.05, 3.63) is 36.0 Å². The summed E-state index contributed by atoms with van der Waals surface area (Å²) in [6.45, 7) is 4.29. The molecule has 2 N–H and O–H groups in total. The fourth-order valence-corrected chi connectivity index (χ4v) is 2.18. The van der Waals surface area contributed by atoms with Crippen molar-refractivity contribution in [3.63, 3.8) is 0 Å². The van der Waals surface area contributed by atoms with E-state index in [2.05, 4.69) is 25.0 Å². The number of hydrogen-bond acceptors (Lipinski definition) is 3. The summed E-state index contributed by atoms with van der Waals surface area (Å²) >= 11 is 0. The van der Waals surface area contributed by atoms with Crippen molar-refractivity contribution in [2.24, 2.45) is 0 Å². The second-order valence-electron chi connectivity index (χ2n) is 4.57. The monoisotopic (exact) mass is 254 g/mol. The third-order valence-electron chi connectivity index (χ3n) is 3.36. The van der Waals surface area contributed by atoms with E-state index in [9.17, 15) is 0 Å². The number of benzene rings is 1. The summed E-state index contributed by atoms with van der Waals surface area (Å²) in [5.41, 5.74) is 9.09. The highest BCUT2D eigenvalue weighted by Gasteiger charge is 2.13. The molecule has 0 aliphatic heterocycles. The third-order valence-corrected chi connectivity index (χ3v) is 3.36. The lowest BCUT2D eigenvalue weighted by molar-refractivity contribution is 0.429. The normalized spacial score (nSPS) is 10.6. The van der Waals surface area contributed by atoms with Crippen LogP contribution in [0.2, 0.25) is 0 Å². The maximum absolute atomic E-state index is 8.80. The van der Waals surface area contributed by atoms with E-state index in [4.69, 9.17) is 11.0 Å². The molecule has 0 aliphatic carbocycles. The van der Waals surface area contributed by atoms with Crippen LogP contribution >= 0.6 is 0 Å². The number of hydrogen-bond donors (Lipinski definition) is 1. The minimum absolute atomic E-state index is 0.384. The molecular formula is C15H18N4. The highest BCUT2D eigenvalue weighted by Crippen LogP contribution is 2.27. The second-order valence-corrected chi connectivity index (χ2v) is 4.57. The van der Waals surface area contributed by atoms with E-state index in [1.165, 1.54) is 0 Å². The Morgan fingerprint density at radius 3 is 2.42 bits per heavy atom. The van der Waals surface area contributed by atoms with Crippen molar-refractivity contribution >= 4 is 5.69 Å². The average molecular weight is 254 g/mol. The predicted octanol–water partition coefficient (Wildman–Crippen LogP) is 3.37. The van der Waals surface area contributed by atoms with Crippen LogP contribution in [0.1, 0.15) is 38.3 Å². The molecular weight excluding hydrogens is 236 g/mol. The molecule has 4 heteroatoms. The van der Waals surface area contributed by atoms with Crippen molar-refractivity contribution in [3.8, 4) is 17.3 Å². The first-order valence-corrected chi connectivity index (χ1v) is 6.54. The topological polar surface area (TPSA) is 67.6 Å². The quantitative estimate of drug-likeness (QED) is 0.909. The zero-order valence-corrected chi connectivity index (χ0v) is 11.3. The number of nitrogens with two attached hydrogens (primary N) is 1. The lowest BCUT2D eigenvalue weighted by Crippen LogP contribution is -2.07. The largest absolute Gasteiger partial charge is 0.396 e. The van der Waals surface area contributed by atoms with Gasteiger partial charge in [0.05, 0.1) is 23.4 Å². The van der Waals surface area contributed by atoms with E-state index in [0.29, 0.717) is 17.3 Å². The van der Waals surface area contributed by atoms with Gasteiger partial charge in [-0.2, -0.15) is 10.4 Å². The van der Waals surface area contributed by atoms with E-state index < -0.39 is 0 Å². The molecule has 0 saturated heterocycles. The molecule has 0 amide bonds. The maximum Gasteiger partial charge on any atom is 0.115 e. The molecule has 0 spiro atoms. The second kappa shape index (κ2) is 5.57. The highest BCUT2D eigenvalue weighted by molar-refractivity contribution is 5.72. The van der Waals surface area contributed by atoms with Gasteiger partial charge in [0.2, 0.25) is 0 Å². The fourth-order valence-electron chi connectivity index (χ4n) is 2.18. The maximum atomic E-state index is 8.80. The van der Waals surface area contributed by atoms with Crippen LogP contribution in [0, 0.1) is 11.3 Å². The first kappa shape index (κ1) is 13.2. The number of nitriles is 1. The van der Waals surface area contributed by atoms with Crippen molar-refractivity contribution < 1.29 is 0 Å². The molecule has 19 heavy (non-hydrogen) atoms. The Balaban J connectivity index is 2.37. The molecule has 0 radical (unpaired) electrons. The fraction of sp³-hybridized carbons (Fsp3) is 0.333. The van der Waals surface area contributed by atoms with Gasteiger partial charge in [-0.15, -0.1) is 0 Å². The van der Waals surface area contributed by atoms with E-state index in [-0.39, 0.29) is 0 Å². The van der Waals surface area contributed by atoms with E-state index in [1.807, 2.05) is 23.0 Å². The Kier molecular flexibility index (Phi) is 3.86. The van der Waals surface area contributed by atoms with Crippen LogP contribution in [0.4, 0.5) is 5.69 Å². The summed E-state index contributed by atoms with van der Waals surface area (Å²) in [6.07, 6.45) is 3.96. The van der Waals surface area contributed by atoms with Crippen LogP contribution in [0.5, 0.6) is 0 Å². The molecule has 0 unspecified atom stereocenters. The van der Waals surface area contributed by atoms with Gasteiger partial charge in [0.25, 0.3) is 0 Å². The van der Waals surface area contributed by atoms with E-state index in [0.717, 1.165) is 24.1 Å². The molecule has 2 rings (SSSR count). The van der Waals surface area contributed by atoms with Crippen molar-refractivity contribution in [1.29, 1.82) is 5.26 Å². The first-order valence-electron chi connectivity index (χ1n) is 6.54. The molecule has 0 saturated carbocycles. The molecule has 2 aromatic rings. The van der Waals surface area contributed by atoms with Crippen LogP contribution in [-0.2, 0) is 0 Å². The van der Waals surface area contributed by atoms with Gasteiger partial charge in [0, 0.05) is 11.8 Å². The zero-order chi connectivity index (χ0) is 13.8. The van der Waals surface area contributed by atoms with Crippen LogP contribution in [0.25, 0.3) is 11.3 Å². The highest BCUT2D eigenvalue weighted by atomic mass is 15.3. The van der Waals surface area contributed by atoms with Gasteiger partial charge in [0.1, 0.15) is 5.69 Å². The smallest absolute Gasteiger partial charge is 0.115 e. The van der Waals surface area contributed by atoms with Crippen LogP contribution < -0.4 is 5.73 Å². The Morgan fingerprint density at radius 2 is 1.89 bits per heavy atom. The minimum atomic E-state index is 0.384. The number of nitrogens with zero attached hydrogens (tertiary/aromatic N) is 3. The zero-order valence-electron chi connectivity index (χ0n) is 11.3. The third kappa shape index (κ3) is 2.60. The Hall–Kier alpha value is -2.28. The van der Waals surface area contributed by atoms with Gasteiger partial charge in [-0.25, -0.2) is 0 Å². The Bertz CT molecular complexity index is 586. The van der Waals surface area contributed by atoms with E-state index >= 15 is 0 Å². The van der Waals surface area contributed by atoms with Crippen molar-refractivity contribution in [2.45, 2.75) is 32.7 Å². The molecule has 98 valence electrons. The predicted molar refractivity (Wildman–Crippen MR) is 76.4 cm³/mol. The standard InChI is InChI=1S/C15H18N4/c1-3-13(4-2)19-10-14(17)15(18-19)12-7-5-11(9-16)6-8-12/h5-8,10,13H,3-4,17H2,1-2H3. The Morgan fingerprint density at radius 1 is 1.26 bits per heavy atom. The van der Waals surface area contributed by atoms with Gasteiger partial charge >= 0.3 is 0 Å². The SMILES string of the molecule is CCC(CC)n1cc(N)c(-c2ccc(C#N)cc2)n1. The molecule has 4 nitrogen and oxygen atoms in total. The number of anilines is 1. The van der Waals surface area contributed by atoms with Gasteiger partial charge < -0.3 is 5.73 Å². The molecule has 0 bridgehead atoms. The number of aromatic nitrogens is 2. The van der Waals surface area contributed by atoms with Gasteiger partial charge in [-0.3, -0.25) is 4.68 Å². The summed E-state index contributed by atoms with van der Waals surface area (Å²) < 4.78 is 1.95. The average Bonchev–Trinajstić information content (AvgIpc) is 2.82. The first-order chi connectivity index (χ1) is 9.19. The molecule has 1 heterocycles. The summed E-state index contributed by atoms with van der Waals surface area (Å²) in [6, 6.07) is 9.82. The van der Waals surface area contributed by atoms with Crippen LogP contribution in [0.3, 0.4) is 0 Å². The number of nitrogen functional groups attached to an aromatic ring is 1. The van der Waals surface area contributed by atoms with Gasteiger partial charge in [-0.1, -0.05) is 26.0 Å². The molecule has 1 aromatic heterocycles. The van der Waals surface area contributed by atoms with Crippen LogP contribution in [-0.4, -0.2) is 9.78 Å². The van der Waals surface area contributed by atoms with Crippen molar-refractivity contribution in [1.82, 2.24) is 9.78 Å². The lowest BCUT2D eigenvalue weighted by atomic mass is 10.1. The summed E-state index contributed by atoms with van der Waals surface area (Å²) in [7, 11) is 0.